The topological polar surface area (TPSA) is 43.2 Å². The van der Waals surface area contributed by atoms with Crippen LogP contribution in [0.15, 0.2) is 29.4 Å². The molecular weight excluding hydrogens is 320 g/mol. The number of thioether (sulfide) groups is 1. The summed E-state index contributed by atoms with van der Waals surface area (Å²) in [5, 5.41) is 9.55. The fraction of sp³-hybridized carbons (Fsp3) is 0.556. The van der Waals surface area contributed by atoms with E-state index < -0.39 is 0 Å². The van der Waals surface area contributed by atoms with Crippen molar-refractivity contribution < 1.29 is 4.74 Å². The summed E-state index contributed by atoms with van der Waals surface area (Å²) in [4.78, 5) is 2.55. The van der Waals surface area contributed by atoms with Gasteiger partial charge in [0.2, 0.25) is 0 Å². The molecule has 1 aliphatic heterocycles. The Labute approximate surface area is 148 Å². The van der Waals surface area contributed by atoms with Gasteiger partial charge >= 0.3 is 0 Å². The third-order valence-corrected chi connectivity index (χ3v) is 5.37. The Hall–Kier alpha value is -1.53. The van der Waals surface area contributed by atoms with E-state index in [0.29, 0.717) is 6.61 Å². The lowest BCUT2D eigenvalue weighted by molar-refractivity contribution is 0.242. The molecule has 0 N–H and O–H groups in total. The molecule has 0 atom stereocenters. The van der Waals surface area contributed by atoms with Crippen molar-refractivity contribution in [2.75, 3.05) is 25.4 Å². The zero-order chi connectivity index (χ0) is 16.8. The number of ether oxygens (including phenoxy) is 1. The zero-order valence-corrected chi connectivity index (χ0v) is 15.4. The van der Waals surface area contributed by atoms with Crippen LogP contribution in [-0.4, -0.2) is 45.1 Å². The van der Waals surface area contributed by atoms with E-state index in [1.165, 1.54) is 37.9 Å². The molecular formula is C18H26N4OS. The van der Waals surface area contributed by atoms with Crippen molar-refractivity contribution >= 4 is 11.8 Å². The van der Waals surface area contributed by atoms with Gasteiger partial charge in [0.05, 0.1) is 0 Å². The SMILES string of the molecule is Cc1cccc(OCc2nnc(SCCN3CCCCC3)n2C)c1. The predicted molar refractivity (Wildman–Crippen MR) is 97.5 cm³/mol. The summed E-state index contributed by atoms with van der Waals surface area (Å²) < 4.78 is 7.86. The molecule has 0 amide bonds. The first-order chi connectivity index (χ1) is 11.7. The number of hydrogen-bond donors (Lipinski definition) is 0. The molecule has 0 saturated carbocycles. The maximum atomic E-state index is 5.83. The molecule has 2 aromatic rings. The average Bonchev–Trinajstić information content (AvgIpc) is 2.94. The molecule has 3 rings (SSSR count). The van der Waals surface area contributed by atoms with E-state index >= 15 is 0 Å². The molecule has 0 radical (unpaired) electrons. The normalized spacial score (nSPS) is 15.6. The highest BCUT2D eigenvalue weighted by molar-refractivity contribution is 7.99. The monoisotopic (exact) mass is 346 g/mol. The van der Waals surface area contributed by atoms with Gasteiger partial charge in [-0.3, -0.25) is 0 Å². The van der Waals surface area contributed by atoms with Crippen molar-refractivity contribution in [2.24, 2.45) is 7.05 Å². The number of benzene rings is 1. The maximum Gasteiger partial charge on any atom is 0.191 e. The summed E-state index contributed by atoms with van der Waals surface area (Å²) in [6.07, 6.45) is 4.07. The van der Waals surface area contributed by atoms with Crippen LogP contribution in [0.25, 0.3) is 0 Å². The highest BCUT2D eigenvalue weighted by atomic mass is 32.2. The molecule has 0 spiro atoms. The molecule has 130 valence electrons. The van der Waals surface area contributed by atoms with Crippen LogP contribution >= 0.6 is 11.8 Å². The molecule has 6 heteroatoms. The number of aromatic nitrogens is 3. The first kappa shape index (κ1) is 17.3. The second-order valence-electron chi connectivity index (χ2n) is 6.31. The van der Waals surface area contributed by atoms with Crippen LogP contribution in [0.4, 0.5) is 0 Å². The van der Waals surface area contributed by atoms with Crippen LogP contribution in [0.5, 0.6) is 5.75 Å². The molecule has 1 aliphatic rings. The lowest BCUT2D eigenvalue weighted by Crippen LogP contribution is -2.31. The molecule has 24 heavy (non-hydrogen) atoms. The van der Waals surface area contributed by atoms with E-state index in [4.69, 9.17) is 4.74 Å². The summed E-state index contributed by atoms with van der Waals surface area (Å²) >= 11 is 1.78. The molecule has 5 nitrogen and oxygen atoms in total. The van der Waals surface area contributed by atoms with E-state index in [2.05, 4.69) is 28.1 Å². The molecule has 0 unspecified atom stereocenters. The minimum Gasteiger partial charge on any atom is -0.486 e. The van der Waals surface area contributed by atoms with E-state index in [0.717, 1.165) is 29.0 Å². The maximum absolute atomic E-state index is 5.83. The van der Waals surface area contributed by atoms with Crippen molar-refractivity contribution in [3.63, 3.8) is 0 Å². The van der Waals surface area contributed by atoms with Gasteiger partial charge in [-0.05, 0) is 50.6 Å². The van der Waals surface area contributed by atoms with Gasteiger partial charge in [-0.25, -0.2) is 0 Å². The summed E-state index contributed by atoms with van der Waals surface area (Å²) in [5.74, 6) is 2.79. The predicted octanol–water partition coefficient (Wildman–Crippen LogP) is 3.28. The fourth-order valence-corrected chi connectivity index (χ4v) is 3.83. The van der Waals surface area contributed by atoms with Crippen molar-refractivity contribution in [1.82, 2.24) is 19.7 Å². The third-order valence-electron chi connectivity index (χ3n) is 4.37. The second kappa shape index (κ2) is 8.53. The molecule has 1 aromatic heterocycles. The zero-order valence-electron chi connectivity index (χ0n) is 14.6. The van der Waals surface area contributed by atoms with E-state index in [-0.39, 0.29) is 0 Å². The van der Waals surface area contributed by atoms with Gasteiger partial charge < -0.3 is 14.2 Å². The van der Waals surface area contributed by atoms with E-state index in [1.54, 1.807) is 11.8 Å². The molecule has 0 aliphatic carbocycles. The fourth-order valence-electron chi connectivity index (χ4n) is 2.90. The van der Waals surface area contributed by atoms with E-state index in [9.17, 15) is 0 Å². The van der Waals surface area contributed by atoms with Crippen molar-refractivity contribution in [2.45, 2.75) is 37.9 Å². The number of rotatable bonds is 7. The second-order valence-corrected chi connectivity index (χ2v) is 7.38. The molecule has 1 fully saturated rings. The summed E-state index contributed by atoms with van der Waals surface area (Å²) in [7, 11) is 2.01. The van der Waals surface area contributed by atoms with Crippen LogP contribution in [0.3, 0.4) is 0 Å². The van der Waals surface area contributed by atoms with Gasteiger partial charge in [0, 0.05) is 19.3 Å². The smallest absolute Gasteiger partial charge is 0.191 e. The van der Waals surface area contributed by atoms with Gasteiger partial charge in [0.1, 0.15) is 12.4 Å². The van der Waals surface area contributed by atoms with Gasteiger partial charge in [-0.2, -0.15) is 0 Å². The quantitative estimate of drug-likeness (QED) is 0.720. The Balaban J connectivity index is 1.48. The van der Waals surface area contributed by atoms with E-state index in [1.807, 2.05) is 29.8 Å². The van der Waals surface area contributed by atoms with Crippen LogP contribution in [0, 0.1) is 6.92 Å². The Morgan fingerprint density at radius 3 is 2.79 bits per heavy atom. The molecule has 2 heterocycles. The first-order valence-electron chi connectivity index (χ1n) is 8.65. The third kappa shape index (κ3) is 4.74. The summed E-state index contributed by atoms with van der Waals surface area (Å²) in [6.45, 7) is 6.13. The number of piperidine rings is 1. The standard InChI is InChI=1S/C18H26N4OS/c1-15-7-6-8-16(13-15)23-14-17-19-20-18(21(17)2)24-12-11-22-9-4-3-5-10-22/h6-8,13H,3-5,9-12,14H2,1-2H3. The lowest BCUT2D eigenvalue weighted by Gasteiger charge is -2.25. The number of hydrogen-bond acceptors (Lipinski definition) is 5. The minimum absolute atomic E-state index is 0.444. The van der Waals surface area contributed by atoms with Gasteiger partial charge in [0.25, 0.3) is 0 Å². The van der Waals surface area contributed by atoms with Crippen LogP contribution in [0.1, 0.15) is 30.7 Å². The van der Waals surface area contributed by atoms with Crippen molar-refractivity contribution in [3.05, 3.63) is 35.7 Å². The van der Waals surface area contributed by atoms with Gasteiger partial charge in [-0.1, -0.05) is 30.3 Å². The van der Waals surface area contributed by atoms with Crippen molar-refractivity contribution in [1.29, 1.82) is 0 Å². The first-order valence-corrected chi connectivity index (χ1v) is 9.64. The lowest BCUT2D eigenvalue weighted by atomic mass is 10.1. The molecule has 1 saturated heterocycles. The molecule has 1 aromatic carbocycles. The highest BCUT2D eigenvalue weighted by Gasteiger charge is 2.12. The minimum atomic E-state index is 0.444. The Bertz CT molecular complexity index is 652. The summed E-state index contributed by atoms with van der Waals surface area (Å²) in [5.41, 5.74) is 1.19. The Kier molecular flexibility index (Phi) is 6.15. The highest BCUT2D eigenvalue weighted by Crippen LogP contribution is 2.19. The van der Waals surface area contributed by atoms with Crippen LogP contribution in [-0.2, 0) is 13.7 Å². The van der Waals surface area contributed by atoms with Crippen LogP contribution < -0.4 is 4.74 Å². The average molecular weight is 347 g/mol. The molecule has 0 bridgehead atoms. The Morgan fingerprint density at radius 1 is 1.17 bits per heavy atom. The number of aryl methyl sites for hydroxylation is 1. The summed E-state index contributed by atoms with van der Waals surface area (Å²) in [6, 6.07) is 8.07. The largest absolute Gasteiger partial charge is 0.486 e. The van der Waals surface area contributed by atoms with Gasteiger partial charge in [-0.15, -0.1) is 10.2 Å². The van der Waals surface area contributed by atoms with Gasteiger partial charge in [0.15, 0.2) is 11.0 Å². The van der Waals surface area contributed by atoms with Crippen LogP contribution in [0.2, 0.25) is 0 Å². The van der Waals surface area contributed by atoms with Crippen molar-refractivity contribution in [3.8, 4) is 5.75 Å². The Morgan fingerprint density at radius 2 is 2.00 bits per heavy atom. The number of likely N-dealkylation sites (tertiary alicyclic amines) is 1. The number of nitrogens with zero attached hydrogens (tertiary/aromatic N) is 4.